The number of aliphatic hydroxyl groups excluding tert-OH is 1. The van der Waals surface area contributed by atoms with Gasteiger partial charge in [0.15, 0.2) is 6.10 Å². The number of aliphatic hydroxyl groups is 1. The van der Waals surface area contributed by atoms with E-state index in [-0.39, 0.29) is 25.2 Å². The monoisotopic (exact) mass is 847 g/mol. The smallest absolute Gasteiger partial charge is 0.306 e. The van der Waals surface area contributed by atoms with E-state index in [1.165, 1.54) is 244 Å². The fourth-order valence-electron chi connectivity index (χ4n) is 8.44. The highest BCUT2D eigenvalue weighted by molar-refractivity contribution is 5.70. The van der Waals surface area contributed by atoms with Crippen molar-refractivity contribution in [2.24, 2.45) is 0 Å². The molecule has 1 N–H and O–H groups in total. The first-order valence-corrected chi connectivity index (χ1v) is 27.2. The second kappa shape index (κ2) is 52.0. The first kappa shape index (κ1) is 58.6. The fourth-order valence-corrected chi connectivity index (χ4v) is 8.44. The van der Waals surface area contributed by atoms with Gasteiger partial charge in [-0.05, 0) is 38.5 Å². The van der Waals surface area contributed by atoms with Crippen LogP contribution in [0.1, 0.15) is 309 Å². The molecule has 1 atom stereocenters. The highest BCUT2D eigenvalue weighted by atomic mass is 16.6. The van der Waals surface area contributed by atoms with Gasteiger partial charge in [-0.25, -0.2) is 0 Å². The van der Waals surface area contributed by atoms with Crippen molar-refractivity contribution < 1.29 is 24.2 Å². The average Bonchev–Trinajstić information content (AvgIpc) is 3.25. The molecule has 0 bridgehead atoms. The third-order valence-electron chi connectivity index (χ3n) is 12.6. The second-order valence-corrected chi connectivity index (χ2v) is 18.7. The summed E-state index contributed by atoms with van der Waals surface area (Å²) in [5, 5.41) is 9.57. The van der Waals surface area contributed by atoms with Crippen LogP contribution in [0.4, 0.5) is 0 Å². The first-order chi connectivity index (χ1) is 29.6. The lowest BCUT2D eigenvalue weighted by molar-refractivity contribution is -0.161. The van der Waals surface area contributed by atoms with Gasteiger partial charge < -0.3 is 14.6 Å². The standard InChI is InChI=1S/C55H106O5/c1-3-5-7-9-11-13-14-15-16-17-18-19-20-21-22-23-24-25-26-27-28-29-30-31-32-33-34-35-36-37-38-39-40-42-44-46-48-50-55(58)60-53(51-56)52-59-54(57)49-47-45-43-41-12-10-8-6-4-2/h17-18,53,56H,3-16,19-52H2,1-2H3/b18-17-. The second-order valence-electron chi connectivity index (χ2n) is 18.7. The number of allylic oxidation sites excluding steroid dienone is 2. The molecule has 0 spiro atoms. The molecular formula is C55H106O5. The topological polar surface area (TPSA) is 72.8 Å². The molecule has 60 heavy (non-hydrogen) atoms. The van der Waals surface area contributed by atoms with Gasteiger partial charge >= 0.3 is 11.9 Å². The van der Waals surface area contributed by atoms with Gasteiger partial charge in [-0.2, -0.15) is 0 Å². The molecule has 0 saturated carbocycles. The number of hydrogen-bond donors (Lipinski definition) is 1. The first-order valence-electron chi connectivity index (χ1n) is 27.2. The van der Waals surface area contributed by atoms with Crippen LogP contribution in [0, 0.1) is 0 Å². The Morgan fingerprint density at radius 2 is 0.617 bits per heavy atom. The lowest BCUT2D eigenvalue weighted by atomic mass is 10.0. The van der Waals surface area contributed by atoms with Gasteiger partial charge in [0, 0.05) is 12.8 Å². The summed E-state index contributed by atoms with van der Waals surface area (Å²) in [6.07, 6.45) is 63.6. The minimum Gasteiger partial charge on any atom is -0.462 e. The average molecular weight is 847 g/mol. The number of rotatable bonds is 51. The van der Waals surface area contributed by atoms with Crippen molar-refractivity contribution in [1.82, 2.24) is 0 Å². The summed E-state index contributed by atoms with van der Waals surface area (Å²) in [7, 11) is 0. The molecule has 0 aliphatic carbocycles. The summed E-state index contributed by atoms with van der Waals surface area (Å²) in [4.78, 5) is 24.3. The number of unbranched alkanes of at least 4 members (excludes halogenated alkanes) is 41. The van der Waals surface area contributed by atoms with E-state index in [9.17, 15) is 14.7 Å². The van der Waals surface area contributed by atoms with Gasteiger partial charge in [0.2, 0.25) is 0 Å². The molecule has 1 unspecified atom stereocenters. The zero-order valence-electron chi connectivity index (χ0n) is 40.8. The molecule has 0 radical (unpaired) electrons. The molecular weight excluding hydrogens is 741 g/mol. The summed E-state index contributed by atoms with van der Waals surface area (Å²) >= 11 is 0. The number of ether oxygens (including phenoxy) is 2. The molecule has 0 heterocycles. The summed E-state index contributed by atoms with van der Waals surface area (Å²) in [6, 6.07) is 0. The van der Waals surface area contributed by atoms with E-state index in [0.717, 1.165) is 38.5 Å². The van der Waals surface area contributed by atoms with Crippen LogP contribution in [-0.4, -0.2) is 36.4 Å². The van der Waals surface area contributed by atoms with Gasteiger partial charge in [0.25, 0.3) is 0 Å². The van der Waals surface area contributed by atoms with Crippen LogP contribution < -0.4 is 0 Å². The fraction of sp³-hybridized carbons (Fsp3) is 0.927. The van der Waals surface area contributed by atoms with E-state index in [2.05, 4.69) is 26.0 Å². The van der Waals surface area contributed by atoms with Crippen molar-refractivity contribution in [2.45, 2.75) is 315 Å². The molecule has 0 fully saturated rings. The third-order valence-corrected chi connectivity index (χ3v) is 12.6. The number of esters is 2. The molecule has 5 nitrogen and oxygen atoms in total. The normalized spacial score (nSPS) is 12.1. The number of carbonyl (C=O) groups is 2. The molecule has 0 aromatic carbocycles. The lowest BCUT2D eigenvalue weighted by Crippen LogP contribution is -2.28. The van der Waals surface area contributed by atoms with Crippen molar-refractivity contribution in [3.8, 4) is 0 Å². The molecule has 0 aliphatic heterocycles. The quantitative estimate of drug-likeness (QED) is 0.0375. The summed E-state index contributed by atoms with van der Waals surface area (Å²) < 4.78 is 10.6. The van der Waals surface area contributed by atoms with E-state index in [0.29, 0.717) is 12.8 Å². The van der Waals surface area contributed by atoms with E-state index in [1.807, 2.05) is 0 Å². The van der Waals surface area contributed by atoms with Crippen LogP contribution in [-0.2, 0) is 19.1 Å². The van der Waals surface area contributed by atoms with Crippen LogP contribution >= 0.6 is 0 Å². The van der Waals surface area contributed by atoms with Crippen LogP contribution in [0.25, 0.3) is 0 Å². The minimum absolute atomic E-state index is 0.0583. The van der Waals surface area contributed by atoms with Crippen LogP contribution in [0.5, 0.6) is 0 Å². The summed E-state index contributed by atoms with van der Waals surface area (Å²) in [5.74, 6) is -0.576. The highest BCUT2D eigenvalue weighted by Crippen LogP contribution is 2.17. The Morgan fingerprint density at radius 3 is 0.900 bits per heavy atom. The molecule has 0 aromatic rings. The molecule has 0 aromatic heterocycles. The molecule has 0 amide bonds. The van der Waals surface area contributed by atoms with Gasteiger partial charge in [0.05, 0.1) is 6.61 Å². The SMILES string of the molecule is CCCCCCCCCC/C=C\CCCCCCCCCCCCCCCCCCCCCCCCCCCC(=O)OC(CO)COC(=O)CCCCCCCCCCC. The molecule has 0 aliphatic rings. The van der Waals surface area contributed by atoms with E-state index in [1.54, 1.807) is 0 Å². The Labute approximate surface area is 375 Å². The Kier molecular flexibility index (Phi) is 50.8. The predicted octanol–water partition coefficient (Wildman–Crippen LogP) is 18.0. The zero-order valence-corrected chi connectivity index (χ0v) is 40.8. The lowest BCUT2D eigenvalue weighted by Gasteiger charge is -2.15. The van der Waals surface area contributed by atoms with Crippen LogP contribution in [0.3, 0.4) is 0 Å². The van der Waals surface area contributed by atoms with E-state index in [4.69, 9.17) is 9.47 Å². The maximum absolute atomic E-state index is 12.2. The maximum Gasteiger partial charge on any atom is 0.306 e. The van der Waals surface area contributed by atoms with Gasteiger partial charge in [-0.1, -0.05) is 270 Å². The minimum atomic E-state index is -0.763. The van der Waals surface area contributed by atoms with Crippen molar-refractivity contribution in [3.05, 3.63) is 12.2 Å². The van der Waals surface area contributed by atoms with Gasteiger partial charge in [-0.3, -0.25) is 9.59 Å². The molecule has 0 rings (SSSR count). The predicted molar refractivity (Wildman–Crippen MR) is 261 cm³/mol. The van der Waals surface area contributed by atoms with Crippen molar-refractivity contribution in [3.63, 3.8) is 0 Å². The van der Waals surface area contributed by atoms with Crippen molar-refractivity contribution in [2.75, 3.05) is 13.2 Å². The Hall–Kier alpha value is -1.36. The van der Waals surface area contributed by atoms with Crippen LogP contribution in [0.2, 0.25) is 0 Å². The highest BCUT2D eigenvalue weighted by Gasteiger charge is 2.16. The van der Waals surface area contributed by atoms with Crippen molar-refractivity contribution in [1.29, 1.82) is 0 Å². The molecule has 5 heteroatoms. The van der Waals surface area contributed by atoms with Gasteiger partial charge in [0.1, 0.15) is 6.61 Å². The van der Waals surface area contributed by atoms with E-state index < -0.39 is 6.10 Å². The Morgan fingerprint density at radius 1 is 0.367 bits per heavy atom. The van der Waals surface area contributed by atoms with Gasteiger partial charge in [-0.15, -0.1) is 0 Å². The summed E-state index contributed by atoms with van der Waals surface area (Å²) in [5.41, 5.74) is 0. The Bertz CT molecular complexity index is 871. The van der Waals surface area contributed by atoms with Crippen LogP contribution in [0.15, 0.2) is 12.2 Å². The maximum atomic E-state index is 12.2. The third kappa shape index (κ3) is 49.3. The number of carbonyl (C=O) groups excluding carboxylic acids is 2. The zero-order chi connectivity index (χ0) is 43.5. The number of hydrogen-bond acceptors (Lipinski definition) is 5. The summed E-state index contributed by atoms with van der Waals surface area (Å²) in [6.45, 7) is 4.15. The molecule has 356 valence electrons. The van der Waals surface area contributed by atoms with Crippen molar-refractivity contribution >= 4 is 11.9 Å². The Balaban J connectivity index is 3.32. The molecule has 0 saturated heterocycles. The van der Waals surface area contributed by atoms with E-state index >= 15 is 0 Å². The largest absolute Gasteiger partial charge is 0.462 e.